The third kappa shape index (κ3) is 1.38. The first kappa shape index (κ1) is 9.22. The molecular weight excluding hydrogens is 151 g/mol. The molecule has 2 N–H and O–H groups in total. The van der Waals surface area contributed by atoms with Crippen molar-refractivity contribution >= 4 is 5.91 Å². The lowest BCUT2D eigenvalue weighted by atomic mass is 10.1. The molecule has 1 unspecified atom stereocenters. The van der Waals surface area contributed by atoms with Crippen molar-refractivity contribution in [1.29, 1.82) is 0 Å². The van der Waals surface area contributed by atoms with E-state index in [-0.39, 0.29) is 6.92 Å². The van der Waals surface area contributed by atoms with Gasteiger partial charge in [-0.25, -0.2) is 0 Å². The van der Waals surface area contributed by atoms with Gasteiger partial charge in [-0.3, -0.25) is 4.79 Å². The fourth-order valence-electron chi connectivity index (χ4n) is 0.140. The minimum absolute atomic E-state index is 0.190. The third-order valence-corrected chi connectivity index (χ3v) is 1.01. The number of carbonyl (C=O) groups is 1. The molecule has 0 heterocycles. The summed E-state index contributed by atoms with van der Waals surface area (Å²) in [6.07, 6.45) is -5.11. The maximum atomic E-state index is 11.5. The lowest BCUT2D eigenvalue weighted by molar-refractivity contribution is -0.512. The molecule has 0 bridgehead atoms. The van der Waals surface area contributed by atoms with E-state index in [1.54, 1.807) is 0 Å². The van der Waals surface area contributed by atoms with Crippen molar-refractivity contribution in [3.05, 3.63) is 0 Å². The summed E-state index contributed by atoms with van der Waals surface area (Å²) in [5.41, 5.74) is 0.511. The third-order valence-electron chi connectivity index (χ3n) is 1.01. The number of alkyl halides is 3. The van der Waals surface area contributed by atoms with Gasteiger partial charge >= 0.3 is 6.18 Å². The Hall–Kier alpha value is -0.780. The zero-order valence-electron chi connectivity index (χ0n) is 5.03. The number of hydrogen-bond acceptors (Lipinski definition) is 2. The quantitative estimate of drug-likeness (QED) is 0.537. The normalized spacial score (nSPS) is 18.1. The van der Waals surface area contributed by atoms with E-state index < -0.39 is 17.7 Å². The van der Waals surface area contributed by atoms with Gasteiger partial charge in [0.1, 0.15) is 0 Å². The smallest absolute Gasteiger partial charge is 0.388 e. The lowest BCUT2D eigenvalue weighted by Crippen LogP contribution is -2.62. The number of hydrogen-bond donors (Lipinski definition) is 1. The Kier molecular flexibility index (Phi) is 1.95. The highest BCUT2D eigenvalue weighted by molar-refractivity contribution is 5.83. The van der Waals surface area contributed by atoms with Gasteiger partial charge in [0, 0.05) is 0 Å². The number of halogens is 3. The molecule has 0 radical (unpaired) electrons. The Bertz CT molecular complexity index is 151. The zero-order chi connectivity index (χ0) is 8.58. The van der Waals surface area contributed by atoms with E-state index >= 15 is 0 Å². The Morgan fingerprint density at radius 3 is 1.80 bits per heavy atom. The average molecular weight is 156 g/mol. The molecule has 0 aliphatic carbocycles. The monoisotopic (exact) mass is 156 g/mol. The summed E-state index contributed by atoms with van der Waals surface area (Å²) in [4.78, 5) is 9.86. The Labute approximate surface area is 54.6 Å². The van der Waals surface area contributed by atoms with Crippen LogP contribution < -0.4 is 10.8 Å². The predicted octanol–water partition coefficient (Wildman–Crippen LogP) is -0.847. The molecule has 60 valence electrons. The molecule has 0 spiro atoms. The van der Waals surface area contributed by atoms with Crippen LogP contribution in [-0.2, 0) is 4.79 Å². The van der Waals surface area contributed by atoms with Crippen molar-refractivity contribution in [2.45, 2.75) is 18.7 Å². The number of amides is 1. The Morgan fingerprint density at radius 2 is 1.80 bits per heavy atom. The van der Waals surface area contributed by atoms with Crippen LogP contribution in [0.15, 0.2) is 0 Å². The summed E-state index contributed by atoms with van der Waals surface area (Å²) < 4.78 is 34.4. The fraction of sp³-hybridized carbons (Fsp3) is 0.750. The van der Waals surface area contributed by atoms with Gasteiger partial charge in [0.15, 0.2) is 0 Å². The Morgan fingerprint density at radius 1 is 1.50 bits per heavy atom. The van der Waals surface area contributed by atoms with Crippen molar-refractivity contribution in [2.24, 2.45) is 5.73 Å². The van der Waals surface area contributed by atoms with Crippen LogP contribution >= 0.6 is 0 Å². The summed E-state index contributed by atoms with van der Waals surface area (Å²) in [6.45, 7) is 0.190. The molecular formula is C4H5F3NO2-. The molecule has 0 rings (SSSR count). The van der Waals surface area contributed by atoms with E-state index in [1.807, 2.05) is 0 Å². The van der Waals surface area contributed by atoms with E-state index in [9.17, 15) is 23.1 Å². The van der Waals surface area contributed by atoms with Crippen LogP contribution in [0, 0.1) is 0 Å². The predicted molar refractivity (Wildman–Crippen MR) is 23.7 cm³/mol. The van der Waals surface area contributed by atoms with E-state index in [2.05, 4.69) is 5.73 Å². The van der Waals surface area contributed by atoms with Gasteiger partial charge in [-0.1, -0.05) is 6.92 Å². The van der Waals surface area contributed by atoms with E-state index in [1.165, 1.54) is 0 Å². The largest absolute Gasteiger partial charge is 0.836 e. The zero-order valence-corrected chi connectivity index (χ0v) is 5.03. The van der Waals surface area contributed by atoms with Gasteiger partial charge in [0.05, 0.1) is 5.60 Å². The first-order valence-electron chi connectivity index (χ1n) is 2.26. The van der Waals surface area contributed by atoms with Crippen LogP contribution in [-0.4, -0.2) is 17.7 Å². The summed E-state index contributed by atoms with van der Waals surface area (Å²) in [7, 11) is 0. The van der Waals surface area contributed by atoms with Crippen LogP contribution in [0.25, 0.3) is 0 Å². The minimum atomic E-state index is -5.11. The first-order chi connectivity index (χ1) is 4.19. The van der Waals surface area contributed by atoms with Gasteiger partial charge in [0.25, 0.3) is 0 Å². The van der Waals surface area contributed by atoms with Crippen molar-refractivity contribution in [3.63, 3.8) is 0 Å². The van der Waals surface area contributed by atoms with Gasteiger partial charge < -0.3 is 10.8 Å². The Balaban J connectivity index is 4.57. The van der Waals surface area contributed by atoms with E-state index in [0.717, 1.165) is 0 Å². The first-order valence-corrected chi connectivity index (χ1v) is 2.26. The van der Waals surface area contributed by atoms with Crippen LogP contribution in [0.1, 0.15) is 6.92 Å². The van der Waals surface area contributed by atoms with Gasteiger partial charge in [-0.15, -0.1) is 0 Å². The SMILES string of the molecule is CC([O-])(C(N)=O)C(F)(F)F. The molecule has 3 nitrogen and oxygen atoms in total. The molecule has 0 saturated carbocycles. The number of nitrogens with two attached hydrogens (primary N) is 1. The van der Waals surface area contributed by atoms with Crippen molar-refractivity contribution < 1.29 is 23.1 Å². The van der Waals surface area contributed by atoms with Gasteiger partial charge in [0.2, 0.25) is 5.91 Å². The molecule has 0 saturated heterocycles. The average Bonchev–Trinajstić information content (AvgIpc) is 1.62. The number of rotatable bonds is 1. The summed E-state index contributed by atoms with van der Waals surface area (Å²) in [6, 6.07) is 0. The number of primary amides is 1. The van der Waals surface area contributed by atoms with Gasteiger partial charge in [-0.05, 0) is 0 Å². The van der Waals surface area contributed by atoms with Crippen molar-refractivity contribution in [3.8, 4) is 0 Å². The summed E-state index contributed by atoms with van der Waals surface area (Å²) in [5.74, 6) is -1.92. The molecule has 0 aromatic heterocycles. The fourth-order valence-corrected chi connectivity index (χ4v) is 0.140. The second-order valence-electron chi connectivity index (χ2n) is 1.90. The summed E-state index contributed by atoms with van der Waals surface area (Å²) >= 11 is 0. The molecule has 0 fully saturated rings. The van der Waals surface area contributed by atoms with Gasteiger partial charge in [-0.2, -0.15) is 13.2 Å². The topological polar surface area (TPSA) is 66.2 Å². The second-order valence-corrected chi connectivity index (χ2v) is 1.90. The van der Waals surface area contributed by atoms with E-state index in [4.69, 9.17) is 0 Å². The minimum Gasteiger partial charge on any atom is -0.836 e. The van der Waals surface area contributed by atoms with Crippen LogP contribution in [0.2, 0.25) is 0 Å². The number of carbonyl (C=O) groups excluding carboxylic acids is 1. The maximum absolute atomic E-state index is 11.5. The second kappa shape index (κ2) is 2.12. The van der Waals surface area contributed by atoms with Crippen LogP contribution in [0.5, 0.6) is 0 Å². The molecule has 0 aromatic rings. The van der Waals surface area contributed by atoms with E-state index in [0.29, 0.717) is 0 Å². The molecule has 10 heavy (non-hydrogen) atoms. The lowest BCUT2D eigenvalue weighted by Gasteiger charge is -2.34. The molecule has 0 aliphatic heterocycles. The summed E-state index contributed by atoms with van der Waals surface area (Å²) in [5, 5.41) is 10.2. The molecule has 1 amide bonds. The standard InChI is InChI=1S/C4H5F3NO2/c1-3(10,2(8)9)4(5,6)7/h1H3,(H2,8,9)/q-1. The van der Waals surface area contributed by atoms with Crippen molar-refractivity contribution in [2.75, 3.05) is 0 Å². The molecule has 1 atom stereocenters. The highest BCUT2D eigenvalue weighted by Gasteiger charge is 2.45. The van der Waals surface area contributed by atoms with Crippen molar-refractivity contribution in [1.82, 2.24) is 0 Å². The maximum Gasteiger partial charge on any atom is 0.388 e. The van der Waals surface area contributed by atoms with Crippen LogP contribution in [0.4, 0.5) is 13.2 Å². The molecule has 0 aromatic carbocycles. The van der Waals surface area contributed by atoms with Crippen LogP contribution in [0.3, 0.4) is 0 Å². The molecule has 6 heteroatoms. The highest BCUT2D eigenvalue weighted by atomic mass is 19.4. The molecule has 0 aliphatic rings. The highest BCUT2D eigenvalue weighted by Crippen LogP contribution is 2.26.